The van der Waals surface area contributed by atoms with E-state index in [0.29, 0.717) is 24.0 Å². The molecule has 0 amide bonds. The fourth-order valence-electron chi connectivity index (χ4n) is 2.22. The summed E-state index contributed by atoms with van der Waals surface area (Å²) in [6, 6.07) is 9.40. The fourth-order valence-corrected chi connectivity index (χ4v) is 2.22. The Morgan fingerprint density at radius 1 is 1.08 bits per heavy atom. The average molecular weight is 329 g/mol. The van der Waals surface area contributed by atoms with Crippen molar-refractivity contribution in [2.24, 2.45) is 10.7 Å². The molecule has 0 saturated carbocycles. The van der Waals surface area contributed by atoms with Crippen LogP contribution < -0.4 is 20.5 Å². The Hall–Kier alpha value is -2.89. The molecule has 24 heavy (non-hydrogen) atoms. The summed E-state index contributed by atoms with van der Waals surface area (Å²) in [5.41, 5.74) is 10.0. The molecule has 4 N–H and O–H groups in total. The predicted molar refractivity (Wildman–Crippen MR) is 96.1 cm³/mol. The lowest BCUT2D eigenvalue weighted by molar-refractivity contribution is 0.339. The highest BCUT2D eigenvalue weighted by Crippen LogP contribution is 2.37. The minimum atomic E-state index is -0.0334. The summed E-state index contributed by atoms with van der Waals surface area (Å²) in [6.07, 6.45) is 0. The van der Waals surface area contributed by atoms with E-state index in [9.17, 15) is 5.11 Å². The molecule has 2 aromatic carbocycles. The molecule has 0 fully saturated rings. The van der Waals surface area contributed by atoms with Crippen LogP contribution in [0.3, 0.4) is 0 Å². The number of anilines is 1. The summed E-state index contributed by atoms with van der Waals surface area (Å²) in [5, 5.41) is 13.0. The van der Waals surface area contributed by atoms with Gasteiger partial charge in [-0.1, -0.05) is 6.07 Å². The lowest BCUT2D eigenvalue weighted by Gasteiger charge is -2.11. The molecule has 0 saturated heterocycles. The van der Waals surface area contributed by atoms with Gasteiger partial charge in [0.25, 0.3) is 0 Å². The molecule has 0 spiro atoms. The zero-order chi connectivity index (χ0) is 17.7. The summed E-state index contributed by atoms with van der Waals surface area (Å²) in [5.74, 6) is 0.943. The van der Waals surface area contributed by atoms with Gasteiger partial charge in [-0.3, -0.25) is 0 Å². The van der Waals surface area contributed by atoms with Crippen molar-refractivity contribution in [3.05, 3.63) is 47.0 Å². The Labute approximate surface area is 141 Å². The van der Waals surface area contributed by atoms with Crippen LogP contribution in [0.15, 0.2) is 35.3 Å². The fraction of sp³-hybridized carbons (Fsp3) is 0.278. The maximum absolute atomic E-state index is 9.91. The van der Waals surface area contributed by atoms with Gasteiger partial charge in [-0.05, 0) is 54.8 Å². The molecule has 0 heterocycles. The van der Waals surface area contributed by atoms with Gasteiger partial charge < -0.3 is 25.6 Å². The van der Waals surface area contributed by atoms with E-state index in [-0.39, 0.29) is 5.75 Å². The summed E-state index contributed by atoms with van der Waals surface area (Å²) in [7, 11) is 2.97. The summed E-state index contributed by atoms with van der Waals surface area (Å²) < 4.78 is 10.3. The second kappa shape index (κ2) is 7.59. The number of ether oxygens (including phenoxy) is 2. The number of phenols is 1. The van der Waals surface area contributed by atoms with Crippen LogP contribution in [-0.4, -0.2) is 25.3 Å². The molecule has 0 aliphatic rings. The zero-order valence-corrected chi connectivity index (χ0v) is 14.4. The predicted octanol–water partition coefficient (Wildman–Crippen LogP) is 2.95. The van der Waals surface area contributed by atoms with E-state index in [2.05, 4.69) is 17.2 Å². The van der Waals surface area contributed by atoms with E-state index < -0.39 is 0 Å². The summed E-state index contributed by atoms with van der Waals surface area (Å²) in [6.45, 7) is 4.43. The first-order valence-electron chi connectivity index (χ1n) is 7.52. The molecule has 6 heteroatoms. The number of rotatable bonds is 5. The lowest BCUT2D eigenvalue weighted by Crippen LogP contribution is -2.22. The van der Waals surface area contributed by atoms with Crippen molar-refractivity contribution in [1.82, 2.24) is 0 Å². The van der Waals surface area contributed by atoms with Gasteiger partial charge in [-0.25, -0.2) is 4.99 Å². The number of aryl methyl sites for hydroxylation is 2. The molecule has 128 valence electrons. The van der Waals surface area contributed by atoms with Gasteiger partial charge in [0.05, 0.1) is 20.8 Å². The molecule has 6 nitrogen and oxygen atoms in total. The molecule has 0 aliphatic heterocycles. The first-order chi connectivity index (χ1) is 11.4. The third-order valence-electron chi connectivity index (χ3n) is 3.75. The Morgan fingerprint density at radius 3 is 2.25 bits per heavy atom. The van der Waals surface area contributed by atoms with Crippen molar-refractivity contribution in [3.8, 4) is 17.2 Å². The van der Waals surface area contributed by atoms with Crippen LogP contribution in [0.4, 0.5) is 5.69 Å². The van der Waals surface area contributed by atoms with Gasteiger partial charge in [-0.2, -0.15) is 0 Å². The maximum atomic E-state index is 9.91. The first-order valence-corrected chi connectivity index (χ1v) is 7.52. The number of methoxy groups -OCH3 is 2. The normalized spacial score (nSPS) is 11.2. The number of phenolic OH excluding ortho intramolecular Hbond substituents is 1. The van der Waals surface area contributed by atoms with Crippen molar-refractivity contribution in [1.29, 1.82) is 0 Å². The van der Waals surface area contributed by atoms with Gasteiger partial charge in [0.15, 0.2) is 17.5 Å². The molecule has 0 unspecified atom stereocenters. The summed E-state index contributed by atoms with van der Waals surface area (Å²) in [4.78, 5) is 4.31. The second-order valence-electron chi connectivity index (χ2n) is 5.47. The minimum absolute atomic E-state index is 0.0334. The van der Waals surface area contributed by atoms with Crippen molar-refractivity contribution in [2.75, 3.05) is 19.5 Å². The van der Waals surface area contributed by atoms with E-state index >= 15 is 0 Å². The highest BCUT2D eigenvalue weighted by atomic mass is 16.5. The molecule has 0 radical (unpaired) electrons. The first kappa shape index (κ1) is 17.5. The number of nitrogens with two attached hydrogens (primary N) is 1. The molecule has 0 bridgehead atoms. The number of hydrogen-bond donors (Lipinski definition) is 3. The van der Waals surface area contributed by atoms with Crippen molar-refractivity contribution in [2.45, 2.75) is 20.4 Å². The monoisotopic (exact) mass is 329 g/mol. The number of benzene rings is 2. The molecule has 2 aromatic rings. The Morgan fingerprint density at radius 2 is 1.71 bits per heavy atom. The quantitative estimate of drug-likeness (QED) is 0.580. The zero-order valence-electron chi connectivity index (χ0n) is 14.4. The van der Waals surface area contributed by atoms with Crippen LogP contribution in [0, 0.1) is 13.8 Å². The largest absolute Gasteiger partial charge is 0.502 e. The van der Waals surface area contributed by atoms with Crippen molar-refractivity contribution < 1.29 is 14.6 Å². The average Bonchev–Trinajstić information content (AvgIpc) is 2.57. The van der Waals surface area contributed by atoms with E-state index in [1.807, 2.05) is 25.1 Å². The number of hydrogen-bond acceptors (Lipinski definition) is 4. The van der Waals surface area contributed by atoms with Gasteiger partial charge in [0, 0.05) is 5.69 Å². The van der Waals surface area contributed by atoms with Crippen LogP contribution in [0.25, 0.3) is 0 Å². The topological polar surface area (TPSA) is 89.1 Å². The highest BCUT2D eigenvalue weighted by molar-refractivity contribution is 5.92. The molecule has 0 aliphatic carbocycles. The van der Waals surface area contributed by atoms with E-state index in [4.69, 9.17) is 15.2 Å². The van der Waals surface area contributed by atoms with Crippen LogP contribution >= 0.6 is 0 Å². The number of nitrogens with one attached hydrogen (secondary N) is 1. The standard InChI is InChI=1S/C18H23N3O3/c1-11-5-6-14(7-12(11)2)21-18(19)20-10-13-8-15(23-3)17(22)16(9-13)24-4/h5-9,22H,10H2,1-4H3,(H3,19,20,21). The van der Waals surface area contributed by atoms with E-state index in [1.165, 1.54) is 25.3 Å². The molecule has 0 atom stereocenters. The Balaban J connectivity index is 2.13. The van der Waals surface area contributed by atoms with Gasteiger partial charge in [-0.15, -0.1) is 0 Å². The number of aliphatic imine (C=N–C) groups is 1. The van der Waals surface area contributed by atoms with Crippen LogP contribution in [-0.2, 0) is 6.54 Å². The second-order valence-corrected chi connectivity index (χ2v) is 5.47. The van der Waals surface area contributed by atoms with Crippen LogP contribution in [0.5, 0.6) is 17.2 Å². The molecular formula is C18H23N3O3. The molecule has 2 rings (SSSR count). The highest BCUT2D eigenvalue weighted by Gasteiger charge is 2.11. The minimum Gasteiger partial charge on any atom is -0.502 e. The van der Waals surface area contributed by atoms with Crippen molar-refractivity contribution in [3.63, 3.8) is 0 Å². The maximum Gasteiger partial charge on any atom is 0.200 e. The lowest BCUT2D eigenvalue weighted by atomic mass is 10.1. The Kier molecular flexibility index (Phi) is 5.52. The van der Waals surface area contributed by atoms with Gasteiger partial charge >= 0.3 is 0 Å². The van der Waals surface area contributed by atoms with Gasteiger partial charge in [0.2, 0.25) is 5.75 Å². The number of guanidine groups is 1. The molecular weight excluding hydrogens is 306 g/mol. The van der Waals surface area contributed by atoms with Crippen molar-refractivity contribution >= 4 is 11.6 Å². The summed E-state index contributed by atoms with van der Waals surface area (Å²) >= 11 is 0. The van der Waals surface area contributed by atoms with Crippen LogP contribution in [0.1, 0.15) is 16.7 Å². The smallest absolute Gasteiger partial charge is 0.200 e. The Bertz CT molecular complexity index is 732. The van der Waals surface area contributed by atoms with E-state index in [1.54, 1.807) is 12.1 Å². The third-order valence-corrected chi connectivity index (χ3v) is 3.75. The van der Waals surface area contributed by atoms with Gasteiger partial charge in [0.1, 0.15) is 0 Å². The number of nitrogens with zero attached hydrogens (tertiary/aromatic N) is 1. The van der Waals surface area contributed by atoms with E-state index in [0.717, 1.165) is 11.3 Å². The molecule has 0 aromatic heterocycles. The van der Waals surface area contributed by atoms with Crippen LogP contribution in [0.2, 0.25) is 0 Å². The number of aromatic hydroxyl groups is 1. The SMILES string of the molecule is COc1cc(CN=C(N)Nc2ccc(C)c(C)c2)cc(OC)c1O. The third kappa shape index (κ3) is 4.10.